The molecule has 0 aliphatic heterocycles. The normalized spacial score (nSPS) is 10.9. The van der Waals surface area contributed by atoms with Crippen LogP contribution in [0, 0.1) is 0 Å². The molecule has 3 heterocycles. The first-order chi connectivity index (χ1) is 14.3. The molecule has 0 radical (unpaired) electrons. The lowest BCUT2D eigenvalue weighted by Crippen LogP contribution is -1.98. The molecule has 0 unspecified atom stereocenters. The molecule has 3 aromatic heterocycles. The van der Waals surface area contributed by atoms with Crippen LogP contribution in [-0.2, 0) is 0 Å². The summed E-state index contributed by atoms with van der Waals surface area (Å²) in [6.45, 7) is 0. The van der Waals surface area contributed by atoms with Crippen LogP contribution in [0.5, 0.6) is 5.75 Å². The number of thiazole rings is 1. The van der Waals surface area contributed by atoms with Gasteiger partial charge in [-0.05, 0) is 24.3 Å². The van der Waals surface area contributed by atoms with Gasteiger partial charge in [-0.25, -0.2) is 4.52 Å². The SMILES string of the molecule is COc1cccc(-c2csc3nc(Nc4ccc(-c5ccccc5)nn4)nn23)c1. The van der Waals surface area contributed by atoms with Crippen molar-refractivity contribution in [2.45, 2.75) is 0 Å². The number of aromatic nitrogens is 5. The molecule has 0 aliphatic rings. The van der Waals surface area contributed by atoms with Crippen LogP contribution in [0.3, 0.4) is 0 Å². The van der Waals surface area contributed by atoms with E-state index in [4.69, 9.17) is 4.74 Å². The Morgan fingerprint density at radius 1 is 0.931 bits per heavy atom. The van der Waals surface area contributed by atoms with Crippen LogP contribution in [0.4, 0.5) is 11.8 Å². The molecule has 8 heteroatoms. The van der Waals surface area contributed by atoms with E-state index in [0.29, 0.717) is 11.8 Å². The molecule has 0 aliphatic carbocycles. The number of nitrogens with zero attached hydrogens (tertiary/aromatic N) is 5. The van der Waals surface area contributed by atoms with E-state index in [1.165, 1.54) is 11.3 Å². The van der Waals surface area contributed by atoms with Gasteiger partial charge < -0.3 is 10.1 Å². The first-order valence-electron chi connectivity index (χ1n) is 8.95. The van der Waals surface area contributed by atoms with Gasteiger partial charge in [-0.2, -0.15) is 4.98 Å². The van der Waals surface area contributed by atoms with E-state index in [-0.39, 0.29) is 0 Å². The van der Waals surface area contributed by atoms with E-state index in [1.807, 2.05) is 76.6 Å². The monoisotopic (exact) mass is 400 g/mol. The molecule has 0 saturated heterocycles. The molecule has 0 saturated carbocycles. The Balaban J connectivity index is 1.41. The van der Waals surface area contributed by atoms with E-state index in [2.05, 4.69) is 25.6 Å². The highest BCUT2D eigenvalue weighted by Gasteiger charge is 2.13. The predicted molar refractivity (Wildman–Crippen MR) is 114 cm³/mol. The molecular formula is C21H16N6OS. The van der Waals surface area contributed by atoms with Gasteiger partial charge in [0.25, 0.3) is 0 Å². The maximum absolute atomic E-state index is 5.32. The van der Waals surface area contributed by atoms with Gasteiger partial charge in [0.15, 0.2) is 5.82 Å². The van der Waals surface area contributed by atoms with E-state index in [1.54, 1.807) is 7.11 Å². The zero-order valence-electron chi connectivity index (χ0n) is 15.5. The van der Waals surface area contributed by atoms with E-state index < -0.39 is 0 Å². The largest absolute Gasteiger partial charge is 0.497 e. The molecule has 7 nitrogen and oxygen atoms in total. The summed E-state index contributed by atoms with van der Waals surface area (Å²) in [4.78, 5) is 5.33. The first kappa shape index (κ1) is 17.3. The van der Waals surface area contributed by atoms with Crippen LogP contribution in [0.15, 0.2) is 72.1 Å². The summed E-state index contributed by atoms with van der Waals surface area (Å²) in [5, 5.41) is 18.3. The first-order valence-corrected chi connectivity index (χ1v) is 9.83. The van der Waals surface area contributed by atoms with Crippen LogP contribution in [0.25, 0.3) is 27.5 Å². The third-order valence-corrected chi connectivity index (χ3v) is 5.24. The minimum absolute atomic E-state index is 0.475. The number of anilines is 2. The third kappa shape index (κ3) is 3.41. The Hall–Kier alpha value is -3.78. The summed E-state index contributed by atoms with van der Waals surface area (Å²) in [6.07, 6.45) is 0. The van der Waals surface area contributed by atoms with Gasteiger partial charge in [0.05, 0.1) is 18.5 Å². The van der Waals surface area contributed by atoms with E-state index in [9.17, 15) is 0 Å². The molecular weight excluding hydrogens is 384 g/mol. The van der Waals surface area contributed by atoms with Gasteiger partial charge >= 0.3 is 0 Å². The second-order valence-corrected chi connectivity index (χ2v) is 7.11. The van der Waals surface area contributed by atoms with Crippen molar-refractivity contribution in [1.82, 2.24) is 24.8 Å². The molecule has 0 atom stereocenters. The molecule has 0 fully saturated rings. The highest BCUT2D eigenvalue weighted by molar-refractivity contribution is 7.15. The fraction of sp³-hybridized carbons (Fsp3) is 0.0476. The number of ether oxygens (including phenoxy) is 1. The second kappa shape index (κ2) is 7.33. The van der Waals surface area contributed by atoms with Crippen LogP contribution in [0.2, 0.25) is 0 Å². The topological polar surface area (TPSA) is 77.2 Å². The lowest BCUT2D eigenvalue weighted by Gasteiger charge is -2.03. The summed E-state index contributed by atoms with van der Waals surface area (Å²) in [5.74, 6) is 1.86. The zero-order valence-corrected chi connectivity index (χ0v) is 16.3. The van der Waals surface area contributed by atoms with Crippen molar-refractivity contribution in [2.75, 3.05) is 12.4 Å². The number of hydrogen-bond donors (Lipinski definition) is 1. The van der Waals surface area contributed by atoms with Crippen molar-refractivity contribution < 1.29 is 4.74 Å². The van der Waals surface area contributed by atoms with E-state index in [0.717, 1.165) is 33.2 Å². The summed E-state index contributed by atoms with van der Waals surface area (Å²) in [6, 6.07) is 21.6. The van der Waals surface area contributed by atoms with Crippen molar-refractivity contribution in [3.63, 3.8) is 0 Å². The molecule has 0 spiro atoms. The van der Waals surface area contributed by atoms with Gasteiger partial charge in [-0.15, -0.1) is 26.6 Å². The van der Waals surface area contributed by atoms with Crippen molar-refractivity contribution in [3.8, 4) is 28.3 Å². The molecule has 142 valence electrons. The van der Waals surface area contributed by atoms with Gasteiger partial charge in [0, 0.05) is 16.5 Å². The van der Waals surface area contributed by atoms with Gasteiger partial charge in [0.1, 0.15) is 5.75 Å². The highest BCUT2D eigenvalue weighted by Crippen LogP contribution is 2.28. The summed E-state index contributed by atoms with van der Waals surface area (Å²) in [5.41, 5.74) is 3.80. The molecule has 0 amide bonds. The van der Waals surface area contributed by atoms with Crippen LogP contribution in [-0.4, -0.2) is 31.9 Å². The molecule has 0 bridgehead atoms. The number of hydrogen-bond acceptors (Lipinski definition) is 7. The Kier molecular flexibility index (Phi) is 4.38. The smallest absolute Gasteiger partial charge is 0.249 e. The van der Waals surface area contributed by atoms with Gasteiger partial charge in [-0.1, -0.05) is 42.5 Å². The second-order valence-electron chi connectivity index (χ2n) is 6.28. The Morgan fingerprint density at radius 3 is 2.59 bits per heavy atom. The quantitative estimate of drug-likeness (QED) is 0.462. The molecule has 5 rings (SSSR count). The molecule has 2 aromatic carbocycles. The van der Waals surface area contributed by atoms with Gasteiger partial charge in [-0.3, -0.25) is 0 Å². The average Bonchev–Trinajstić information content (AvgIpc) is 3.35. The number of fused-ring (bicyclic) bond motifs is 1. The number of nitrogens with one attached hydrogen (secondary N) is 1. The highest BCUT2D eigenvalue weighted by atomic mass is 32.1. The molecule has 29 heavy (non-hydrogen) atoms. The fourth-order valence-corrected chi connectivity index (χ4v) is 3.82. The minimum atomic E-state index is 0.475. The third-order valence-electron chi connectivity index (χ3n) is 4.42. The summed E-state index contributed by atoms with van der Waals surface area (Å²) >= 11 is 1.53. The van der Waals surface area contributed by atoms with Crippen LogP contribution >= 0.6 is 11.3 Å². The zero-order chi connectivity index (χ0) is 19.6. The Morgan fingerprint density at radius 2 is 1.79 bits per heavy atom. The van der Waals surface area contributed by atoms with Crippen molar-refractivity contribution in [2.24, 2.45) is 0 Å². The lowest BCUT2D eigenvalue weighted by atomic mass is 10.1. The fourth-order valence-electron chi connectivity index (χ4n) is 2.99. The minimum Gasteiger partial charge on any atom is -0.497 e. The average molecular weight is 400 g/mol. The van der Waals surface area contributed by atoms with Gasteiger partial charge in [0.2, 0.25) is 10.9 Å². The number of methoxy groups -OCH3 is 1. The number of benzene rings is 2. The Bertz CT molecular complexity index is 1260. The van der Waals surface area contributed by atoms with Crippen molar-refractivity contribution >= 4 is 28.1 Å². The predicted octanol–water partition coefficient (Wildman–Crippen LogP) is 4.67. The van der Waals surface area contributed by atoms with E-state index >= 15 is 0 Å². The Labute approximate surface area is 170 Å². The summed E-state index contributed by atoms with van der Waals surface area (Å²) in [7, 11) is 1.66. The molecule has 5 aromatic rings. The van der Waals surface area contributed by atoms with Crippen molar-refractivity contribution in [1.29, 1.82) is 0 Å². The lowest BCUT2D eigenvalue weighted by molar-refractivity contribution is 0.415. The maximum Gasteiger partial charge on any atom is 0.249 e. The van der Waals surface area contributed by atoms with Crippen LogP contribution < -0.4 is 10.1 Å². The van der Waals surface area contributed by atoms with Crippen molar-refractivity contribution in [3.05, 3.63) is 72.1 Å². The number of rotatable bonds is 5. The summed E-state index contributed by atoms with van der Waals surface area (Å²) < 4.78 is 7.13. The maximum atomic E-state index is 5.32. The van der Waals surface area contributed by atoms with Crippen LogP contribution in [0.1, 0.15) is 0 Å². The standard InChI is InChI=1S/C21H16N6OS/c1-28-16-9-5-8-15(12-16)18-13-29-21-23-20(26-27(18)21)22-19-11-10-17(24-25-19)14-6-3-2-4-7-14/h2-13H,1H3,(H,22,25,26). The molecule has 1 N–H and O–H groups in total.